The number of aryl methyl sites for hydroxylation is 1. The molecule has 2 aromatic rings. The molecule has 0 unspecified atom stereocenters. The average Bonchev–Trinajstić information content (AvgIpc) is 3.09. The van der Waals surface area contributed by atoms with Crippen LogP contribution in [0, 0.1) is 0 Å². The van der Waals surface area contributed by atoms with Crippen LogP contribution in [-0.2, 0) is 11.8 Å². The quantitative estimate of drug-likeness (QED) is 0.916. The summed E-state index contributed by atoms with van der Waals surface area (Å²) in [4.78, 5) is 4.25. The monoisotopic (exact) mass is 339 g/mol. The Kier molecular flexibility index (Phi) is 5.18. The van der Waals surface area contributed by atoms with E-state index in [0.717, 1.165) is 19.4 Å². The Labute approximate surface area is 150 Å². The molecule has 1 saturated carbocycles. The van der Waals surface area contributed by atoms with Gasteiger partial charge in [0.1, 0.15) is 6.10 Å². The van der Waals surface area contributed by atoms with Gasteiger partial charge in [-0.05, 0) is 37.2 Å². The molecule has 1 aliphatic carbocycles. The van der Waals surface area contributed by atoms with Gasteiger partial charge >= 0.3 is 0 Å². The summed E-state index contributed by atoms with van der Waals surface area (Å²) >= 11 is 0. The molecule has 2 aliphatic rings. The number of hydrogen-bond donors (Lipinski definition) is 1. The van der Waals surface area contributed by atoms with Crippen molar-refractivity contribution in [2.75, 3.05) is 6.61 Å². The van der Waals surface area contributed by atoms with Gasteiger partial charge < -0.3 is 14.6 Å². The fraction of sp³-hybridized carbons (Fsp3) is 0.571. The zero-order valence-electron chi connectivity index (χ0n) is 15.1. The van der Waals surface area contributed by atoms with Crippen molar-refractivity contribution in [1.29, 1.82) is 0 Å². The molecule has 0 radical (unpaired) electrons. The average molecular weight is 339 g/mol. The SMILES string of the molecule is Cn1cncc1[C@@H]1C[C@H](N[C@@H]2CCCC[C@@H]2c2ccccc2)CCO1. The number of benzene rings is 1. The number of hydrogen-bond acceptors (Lipinski definition) is 3. The second-order valence-electron chi connectivity index (χ2n) is 7.58. The van der Waals surface area contributed by atoms with Crippen molar-refractivity contribution in [3.8, 4) is 0 Å². The van der Waals surface area contributed by atoms with Gasteiger partial charge in [-0.2, -0.15) is 0 Å². The van der Waals surface area contributed by atoms with Gasteiger partial charge in [-0.15, -0.1) is 0 Å². The molecule has 0 bridgehead atoms. The molecule has 1 aromatic carbocycles. The van der Waals surface area contributed by atoms with Gasteiger partial charge in [0.15, 0.2) is 0 Å². The number of imidazole rings is 1. The fourth-order valence-corrected chi connectivity index (χ4v) is 4.56. The lowest BCUT2D eigenvalue weighted by Gasteiger charge is -2.38. The van der Waals surface area contributed by atoms with E-state index in [1.165, 1.54) is 36.9 Å². The fourth-order valence-electron chi connectivity index (χ4n) is 4.56. The third-order valence-electron chi connectivity index (χ3n) is 5.91. The zero-order chi connectivity index (χ0) is 17.1. The molecule has 0 spiro atoms. The van der Waals surface area contributed by atoms with Crippen molar-refractivity contribution in [2.45, 2.75) is 62.6 Å². The minimum Gasteiger partial charge on any atom is -0.372 e. The Morgan fingerprint density at radius 3 is 2.76 bits per heavy atom. The van der Waals surface area contributed by atoms with E-state index in [1.54, 1.807) is 0 Å². The predicted molar refractivity (Wildman–Crippen MR) is 99.5 cm³/mol. The van der Waals surface area contributed by atoms with Gasteiger partial charge in [-0.1, -0.05) is 43.2 Å². The van der Waals surface area contributed by atoms with E-state index in [1.807, 2.05) is 12.5 Å². The minimum atomic E-state index is 0.164. The highest BCUT2D eigenvalue weighted by Crippen LogP contribution is 2.35. The molecule has 1 N–H and O–H groups in total. The third kappa shape index (κ3) is 3.80. The smallest absolute Gasteiger partial charge is 0.100 e. The van der Waals surface area contributed by atoms with Crippen LogP contribution in [0.5, 0.6) is 0 Å². The van der Waals surface area contributed by atoms with Crippen LogP contribution in [0.1, 0.15) is 61.8 Å². The molecule has 1 saturated heterocycles. The molecule has 4 nitrogen and oxygen atoms in total. The van der Waals surface area contributed by atoms with Gasteiger partial charge in [0.05, 0.1) is 18.2 Å². The maximum atomic E-state index is 6.03. The first-order valence-electron chi connectivity index (χ1n) is 9.70. The first kappa shape index (κ1) is 16.8. The van der Waals surface area contributed by atoms with E-state index in [2.05, 4.69) is 52.2 Å². The Hall–Kier alpha value is -1.65. The summed E-state index contributed by atoms with van der Waals surface area (Å²) in [6, 6.07) is 12.2. The van der Waals surface area contributed by atoms with Crippen LogP contribution >= 0.6 is 0 Å². The normalized spacial score (nSPS) is 30.3. The lowest BCUT2D eigenvalue weighted by molar-refractivity contribution is -0.00697. The molecule has 134 valence electrons. The molecule has 0 amide bonds. The molecular formula is C21H29N3O. The molecule has 2 heterocycles. The highest BCUT2D eigenvalue weighted by molar-refractivity contribution is 5.22. The largest absolute Gasteiger partial charge is 0.372 e. The van der Waals surface area contributed by atoms with Crippen molar-refractivity contribution >= 4 is 0 Å². The standard InChI is InChI=1S/C21H29N3O/c1-24-15-22-14-20(24)21-13-17(11-12-25-21)23-19-10-6-5-9-18(19)16-7-3-2-4-8-16/h2-4,7-8,14-15,17-19,21,23H,5-6,9-13H2,1H3/t17-,18-,19-,21+/m1/s1. The highest BCUT2D eigenvalue weighted by Gasteiger charge is 2.31. The van der Waals surface area contributed by atoms with Crippen molar-refractivity contribution in [3.63, 3.8) is 0 Å². The van der Waals surface area contributed by atoms with Crippen molar-refractivity contribution in [3.05, 3.63) is 54.1 Å². The summed E-state index contributed by atoms with van der Waals surface area (Å²) in [5, 5.41) is 4.01. The van der Waals surface area contributed by atoms with Crippen molar-refractivity contribution in [1.82, 2.24) is 14.9 Å². The molecule has 2 fully saturated rings. The van der Waals surface area contributed by atoms with E-state index < -0.39 is 0 Å². The Morgan fingerprint density at radius 1 is 1.12 bits per heavy atom. The highest BCUT2D eigenvalue weighted by atomic mass is 16.5. The van der Waals surface area contributed by atoms with Crippen molar-refractivity contribution < 1.29 is 4.74 Å². The first-order valence-corrected chi connectivity index (χ1v) is 9.70. The maximum absolute atomic E-state index is 6.03. The molecule has 4 atom stereocenters. The summed E-state index contributed by atoms with van der Waals surface area (Å²) in [7, 11) is 2.05. The zero-order valence-corrected chi connectivity index (χ0v) is 15.1. The number of nitrogens with one attached hydrogen (secondary N) is 1. The minimum absolute atomic E-state index is 0.164. The molecule has 4 heteroatoms. The first-order chi connectivity index (χ1) is 12.3. The second-order valence-corrected chi connectivity index (χ2v) is 7.58. The van der Waals surface area contributed by atoms with E-state index in [4.69, 9.17) is 4.74 Å². The van der Waals surface area contributed by atoms with Crippen molar-refractivity contribution in [2.24, 2.45) is 7.05 Å². The van der Waals surface area contributed by atoms with Crippen LogP contribution in [0.25, 0.3) is 0 Å². The number of nitrogens with zero attached hydrogens (tertiary/aromatic N) is 2. The topological polar surface area (TPSA) is 39.1 Å². The van der Waals surface area contributed by atoms with Crippen LogP contribution in [0.3, 0.4) is 0 Å². The van der Waals surface area contributed by atoms with E-state index in [0.29, 0.717) is 18.0 Å². The third-order valence-corrected chi connectivity index (χ3v) is 5.91. The van der Waals surface area contributed by atoms with Gasteiger partial charge in [-0.25, -0.2) is 4.98 Å². The van der Waals surface area contributed by atoms with Gasteiger partial charge in [-0.3, -0.25) is 0 Å². The molecular weight excluding hydrogens is 310 g/mol. The Morgan fingerprint density at radius 2 is 1.96 bits per heavy atom. The maximum Gasteiger partial charge on any atom is 0.100 e. The van der Waals surface area contributed by atoms with E-state index >= 15 is 0 Å². The summed E-state index contributed by atoms with van der Waals surface area (Å²) in [6.45, 7) is 0.830. The summed E-state index contributed by atoms with van der Waals surface area (Å²) < 4.78 is 8.12. The second kappa shape index (κ2) is 7.71. The van der Waals surface area contributed by atoms with Gasteiger partial charge in [0.2, 0.25) is 0 Å². The molecule has 1 aliphatic heterocycles. The molecule has 4 rings (SSSR count). The van der Waals surface area contributed by atoms with E-state index in [9.17, 15) is 0 Å². The Bertz CT molecular complexity index is 669. The predicted octanol–water partition coefficient (Wildman–Crippen LogP) is 3.96. The summed E-state index contributed by atoms with van der Waals surface area (Å²) in [5.41, 5.74) is 2.68. The number of aromatic nitrogens is 2. The van der Waals surface area contributed by atoms with E-state index in [-0.39, 0.29) is 6.10 Å². The van der Waals surface area contributed by atoms with Crippen LogP contribution in [0.2, 0.25) is 0 Å². The van der Waals surface area contributed by atoms with Crippen LogP contribution < -0.4 is 5.32 Å². The Balaban J connectivity index is 1.44. The molecule has 25 heavy (non-hydrogen) atoms. The van der Waals surface area contributed by atoms with Crippen LogP contribution in [0.15, 0.2) is 42.9 Å². The van der Waals surface area contributed by atoms with Crippen LogP contribution in [-0.4, -0.2) is 28.2 Å². The summed E-state index contributed by atoms with van der Waals surface area (Å²) in [5.74, 6) is 0.646. The number of ether oxygens (including phenoxy) is 1. The molecule has 1 aromatic heterocycles. The lowest BCUT2D eigenvalue weighted by Crippen LogP contribution is -2.46. The number of rotatable bonds is 4. The summed E-state index contributed by atoms with van der Waals surface area (Å²) in [6.07, 6.45) is 11.4. The van der Waals surface area contributed by atoms with Gasteiger partial charge in [0, 0.05) is 25.7 Å². The lowest BCUT2D eigenvalue weighted by atomic mass is 9.79. The van der Waals surface area contributed by atoms with Crippen LogP contribution in [0.4, 0.5) is 0 Å². The van der Waals surface area contributed by atoms with Gasteiger partial charge in [0.25, 0.3) is 0 Å².